The van der Waals surface area contributed by atoms with E-state index in [4.69, 9.17) is 16.3 Å². The van der Waals surface area contributed by atoms with Gasteiger partial charge in [0, 0.05) is 37.8 Å². The van der Waals surface area contributed by atoms with Crippen LogP contribution in [0.25, 0.3) is 0 Å². The number of rotatable bonds is 7. The number of sulfonamides is 1. The fraction of sp³-hybridized carbons (Fsp3) is 0.417. The number of nitrogens with zero attached hydrogens (tertiary/aromatic N) is 1. The molecule has 1 atom stereocenters. The molecular formula is C24H28ClN3O5S. The van der Waals surface area contributed by atoms with Crippen molar-refractivity contribution in [3.63, 3.8) is 0 Å². The van der Waals surface area contributed by atoms with Crippen LogP contribution in [0.2, 0.25) is 5.02 Å². The van der Waals surface area contributed by atoms with E-state index in [2.05, 4.69) is 10.0 Å². The van der Waals surface area contributed by atoms with Gasteiger partial charge in [0.05, 0.1) is 21.6 Å². The van der Waals surface area contributed by atoms with Crippen LogP contribution in [0.4, 0.5) is 5.69 Å². The van der Waals surface area contributed by atoms with Crippen molar-refractivity contribution in [2.24, 2.45) is 5.92 Å². The molecule has 0 spiro atoms. The molecule has 0 bridgehead atoms. The number of halogens is 1. The van der Waals surface area contributed by atoms with Crippen LogP contribution in [0.3, 0.4) is 0 Å². The van der Waals surface area contributed by atoms with Crippen LogP contribution in [-0.4, -0.2) is 57.5 Å². The third kappa shape index (κ3) is 5.96. The van der Waals surface area contributed by atoms with Crippen LogP contribution < -0.4 is 10.0 Å². The van der Waals surface area contributed by atoms with Crippen molar-refractivity contribution < 1.29 is 22.7 Å². The largest absolute Gasteiger partial charge is 0.377 e. The second-order valence-electron chi connectivity index (χ2n) is 8.55. The molecule has 10 heteroatoms. The van der Waals surface area contributed by atoms with Crippen LogP contribution in [0.15, 0.2) is 53.4 Å². The van der Waals surface area contributed by atoms with E-state index in [1.807, 2.05) is 0 Å². The number of nitrogens with one attached hydrogen (secondary N) is 2. The number of piperidine rings is 1. The summed E-state index contributed by atoms with van der Waals surface area (Å²) in [4.78, 5) is 27.3. The van der Waals surface area contributed by atoms with E-state index in [-0.39, 0.29) is 35.3 Å². The summed E-state index contributed by atoms with van der Waals surface area (Å²) in [5.41, 5.74) is 0.991. The van der Waals surface area contributed by atoms with E-state index < -0.39 is 10.0 Å². The van der Waals surface area contributed by atoms with Crippen LogP contribution >= 0.6 is 11.6 Å². The van der Waals surface area contributed by atoms with E-state index in [1.165, 1.54) is 12.1 Å². The molecule has 2 amide bonds. The molecule has 2 N–H and O–H groups in total. The van der Waals surface area contributed by atoms with Crippen molar-refractivity contribution in [2.75, 3.05) is 31.6 Å². The first-order chi connectivity index (χ1) is 16.3. The van der Waals surface area contributed by atoms with E-state index in [0.29, 0.717) is 48.8 Å². The SMILES string of the molecule is O=C(Nc1ccc(S(=O)(=O)NCC2CCCO2)cc1)C1CCN(C(=O)c2ccccc2Cl)CC1. The number of ether oxygens (including phenoxy) is 1. The van der Waals surface area contributed by atoms with E-state index in [0.717, 1.165) is 12.8 Å². The van der Waals surface area contributed by atoms with Crippen LogP contribution in [0, 0.1) is 5.92 Å². The Labute approximate surface area is 204 Å². The maximum atomic E-state index is 12.7. The number of anilines is 1. The standard InChI is InChI=1S/C24H28ClN3O5S/c25-22-6-2-1-5-21(22)24(30)28-13-11-17(12-14-28)23(29)27-18-7-9-20(10-8-18)34(31,32)26-16-19-4-3-15-33-19/h1-2,5-10,17,19,26H,3-4,11-16H2,(H,27,29). The highest BCUT2D eigenvalue weighted by atomic mass is 35.5. The molecule has 0 radical (unpaired) electrons. The molecule has 2 fully saturated rings. The second kappa shape index (κ2) is 10.9. The number of likely N-dealkylation sites (tertiary alicyclic amines) is 1. The average molecular weight is 506 g/mol. The second-order valence-corrected chi connectivity index (χ2v) is 10.7. The van der Waals surface area contributed by atoms with Gasteiger partial charge in [-0.25, -0.2) is 13.1 Å². The van der Waals surface area contributed by atoms with Crippen molar-refractivity contribution in [2.45, 2.75) is 36.7 Å². The van der Waals surface area contributed by atoms with Gasteiger partial charge in [-0.05, 0) is 62.1 Å². The Balaban J connectivity index is 1.28. The minimum Gasteiger partial charge on any atom is -0.377 e. The van der Waals surface area contributed by atoms with Gasteiger partial charge in [0.25, 0.3) is 5.91 Å². The van der Waals surface area contributed by atoms with Gasteiger partial charge in [0.2, 0.25) is 15.9 Å². The van der Waals surface area contributed by atoms with Gasteiger partial charge in [-0.1, -0.05) is 23.7 Å². The Morgan fingerprint density at radius 2 is 1.74 bits per heavy atom. The first-order valence-corrected chi connectivity index (χ1v) is 13.3. The Morgan fingerprint density at radius 1 is 1.03 bits per heavy atom. The molecule has 2 heterocycles. The Kier molecular flexibility index (Phi) is 7.88. The number of hydrogen-bond donors (Lipinski definition) is 2. The van der Waals surface area contributed by atoms with Crippen molar-refractivity contribution in [3.05, 3.63) is 59.1 Å². The molecular weight excluding hydrogens is 478 g/mol. The first-order valence-electron chi connectivity index (χ1n) is 11.4. The number of carbonyl (C=O) groups is 2. The normalized spacial score (nSPS) is 19.2. The molecule has 1 unspecified atom stereocenters. The molecule has 34 heavy (non-hydrogen) atoms. The minimum atomic E-state index is -3.64. The Morgan fingerprint density at radius 3 is 2.38 bits per heavy atom. The lowest BCUT2D eigenvalue weighted by molar-refractivity contribution is -0.121. The predicted molar refractivity (Wildman–Crippen MR) is 129 cm³/mol. The van der Waals surface area contributed by atoms with Crippen molar-refractivity contribution >= 4 is 39.1 Å². The highest BCUT2D eigenvalue weighted by Crippen LogP contribution is 2.24. The average Bonchev–Trinajstić information content (AvgIpc) is 3.37. The molecule has 2 aliphatic rings. The maximum Gasteiger partial charge on any atom is 0.255 e. The van der Waals surface area contributed by atoms with Gasteiger partial charge in [-0.3, -0.25) is 9.59 Å². The first kappa shape index (κ1) is 24.7. The third-order valence-electron chi connectivity index (χ3n) is 6.21. The monoisotopic (exact) mass is 505 g/mol. The van der Waals surface area contributed by atoms with Gasteiger partial charge in [-0.15, -0.1) is 0 Å². The number of hydrogen-bond acceptors (Lipinski definition) is 5. The number of benzene rings is 2. The number of carbonyl (C=O) groups excluding carboxylic acids is 2. The third-order valence-corrected chi connectivity index (χ3v) is 7.98. The Bertz CT molecular complexity index is 1130. The fourth-order valence-corrected chi connectivity index (χ4v) is 5.49. The molecule has 0 aliphatic carbocycles. The van der Waals surface area contributed by atoms with Crippen LogP contribution in [0.1, 0.15) is 36.0 Å². The molecule has 0 aromatic heterocycles. The van der Waals surface area contributed by atoms with E-state index in [1.54, 1.807) is 41.3 Å². The summed E-state index contributed by atoms with van der Waals surface area (Å²) in [7, 11) is -3.64. The van der Waals surface area contributed by atoms with Gasteiger partial charge in [0.15, 0.2) is 0 Å². The zero-order valence-electron chi connectivity index (χ0n) is 18.7. The summed E-state index contributed by atoms with van der Waals surface area (Å²) < 4.78 is 33.0. The predicted octanol–water partition coefficient (Wildman–Crippen LogP) is 3.29. The van der Waals surface area contributed by atoms with Crippen molar-refractivity contribution in [3.8, 4) is 0 Å². The topological polar surface area (TPSA) is 105 Å². The van der Waals surface area contributed by atoms with Gasteiger partial charge < -0.3 is 15.0 Å². The van der Waals surface area contributed by atoms with Crippen LogP contribution in [-0.2, 0) is 19.6 Å². The zero-order valence-corrected chi connectivity index (χ0v) is 20.3. The molecule has 2 saturated heterocycles. The minimum absolute atomic E-state index is 0.0836. The quantitative estimate of drug-likeness (QED) is 0.600. The van der Waals surface area contributed by atoms with Crippen molar-refractivity contribution in [1.82, 2.24) is 9.62 Å². The zero-order chi connectivity index (χ0) is 24.1. The summed E-state index contributed by atoms with van der Waals surface area (Å²) in [6.07, 6.45) is 2.79. The molecule has 0 saturated carbocycles. The molecule has 2 aromatic rings. The summed E-state index contributed by atoms with van der Waals surface area (Å²) >= 11 is 6.14. The summed E-state index contributed by atoms with van der Waals surface area (Å²) in [6.45, 7) is 1.85. The highest BCUT2D eigenvalue weighted by molar-refractivity contribution is 7.89. The van der Waals surface area contributed by atoms with Crippen LogP contribution in [0.5, 0.6) is 0 Å². The van der Waals surface area contributed by atoms with E-state index >= 15 is 0 Å². The number of amides is 2. The summed E-state index contributed by atoms with van der Waals surface area (Å²) in [5, 5.41) is 3.27. The smallest absolute Gasteiger partial charge is 0.255 e. The summed E-state index contributed by atoms with van der Waals surface area (Å²) in [5.74, 6) is -0.502. The molecule has 4 rings (SSSR count). The lowest BCUT2D eigenvalue weighted by Crippen LogP contribution is -2.41. The lowest BCUT2D eigenvalue weighted by Gasteiger charge is -2.31. The molecule has 2 aromatic carbocycles. The molecule has 2 aliphatic heterocycles. The van der Waals surface area contributed by atoms with Gasteiger partial charge >= 0.3 is 0 Å². The van der Waals surface area contributed by atoms with E-state index in [9.17, 15) is 18.0 Å². The maximum absolute atomic E-state index is 12.7. The van der Waals surface area contributed by atoms with Crippen molar-refractivity contribution in [1.29, 1.82) is 0 Å². The fourth-order valence-electron chi connectivity index (χ4n) is 4.20. The highest BCUT2D eigenvalue weighted by Gasteiger charge is 2.28. The molecule has 8 nitrogen and oxygen atoms in total. The van der Waals surface area contributed by atoms with Gasteiger partial charge in [-0.2, -0.15) is 0 Å². The lowest BCUT2D eigenvalue weighted by atomic mass is 9.95. The summed E-state index contributed by atoms with van der Waals surface area (Å²) in [6, 6.07) is 13.0. The van der Waals surface area contributed by atoms with Gasteiger partial charge in [0.1, 0.15) is 0 Å². The molecule has 182 valence electrons. The Hall–Kier alpha value is -2.46.